The lowest BCUT2D eigenvalue weighted by Gasteiger charge is -2.32. The van der Waals surface area contributed by atoms with Gasteiger partial charge in [0.2, 0.25) is 0 Å². The van der Waals surface area contributed by atoms with Crippen LogP contribution in [0.15, 0.2) is 12.2 Å². The fourth-order valence-corrected chi connectivity index (χ4v) is 2.58. The van der Waals surface area contributed by atoms with E-state index in [9.17, 15) is 0 Å². The van der Waals surface area contributed by atoms with E-state index in [1.54, 1.807) is 0 Å². The van der Waals surface area contributed by atoms with Crippen molar-refractivity contribution in [3.63, 3.8) is 0 Å². The molecule has 3 heteroatoms. The molecular weight excluding hydrogens is 234 g/mol. The predicted octanol–water partition coefficient (Wildman–Crippen LogP) is 2.20. The number of hydrogen-bond donors (Lipinski definition) is 1. The van der Waals surface area contributed by atoms with Gasteiger partial charge in [0.25, 0.3) is 0 Å². The second-order valence-corrected chi connectivity index (χ2v) is 7.30. The Morgan fingerprint density at radius 1 is 1.32 bits per heavy atom. The molecule has 0 aromatic rings. The summed E-state index contributed by atoms with van der Waals surface area (Å²) in [5.74, 6) is 0.865. The van der Waals surface area contributed by atoms with Gasteiger partial charge in [-0.2, -0.15) is 0 Å². The van der Waals surface area contributed by atoms with E-state index in [2.05, 4.69) is 56.6 Å². The van der Waals surface area contributed by atoms with Crippen LogP contribution in [0.5, 0.6) is 0 Å². The Morgan fingerprint density at radius 3 is 2.42 bits per heavy atom. The molecule has 1 aliphatic rings. The Morgan fingerprint density at radius 2 is 1.89 bits per heavy atom. The summed E-state index contributed by atoms with van der Waals surface area (Å²) in [6.45, 7) is 16.4. The molecule has 0 unspecified atom stereocenters. The van der Waals surface area contributed by atoms with Crippen molar-refractivity contribution in [3.05, 3.63) is 12.2 Å². The van der Waals surface area contributed by atoms with Gasteiger partial charge in [-0.25, -0.2) is 0 Å². The molecule has 1 N–H and O–H groups in total. The van der Waals surface area contributed by atoms with Gasteiger partial charge in [0.05, 0.1) is 0 Å². The molecule has 1 heterocycles. The van der Waals surface area contributed by atoms with Crippen molar-refractivity contribution in [3.8, 4) is 0 Å². The smallest absolute Gasteiger partial charge is 0.0199 e. The lowest BCUT2D eigenvalue weighted by Crippen LogP contribution is -2.39. The summed E-state index contributed by atoms with van der Waals surface area (Å²) in [6.07, 6.45) is 2.68. The van der Waals surface area contributed by atoms with E-state index in [0.29, 0.717) is 0 Å². The van der Waals surface area contributed by atoms with Crippen molar-refractivity contribution < 1.29 is 0 Å². The standard InChI is InChI=1S/C16H33N3/c1-14(11-17-16(2,3)4)12-19(6)13-15-7-9-18(5)10-8-15/h15,17H,1,7-13H2,2-6H3. The van der Waals surface area contributed by atoms with Gasteiger partial charge >= 0.3 is 0 Å². The van der Waals surface area contributed by atoms with Crippen LogP contribution in [0.2, 0.25) is 0 Å². The van der Waals surface area contributed by atoms with Gasteiger partial charge in [-0.3, -0.25) is 0 Å². The highest BCUT2D eigenvalue weighted by atomic mass is 15.1. The molecule has 0 bridgehead atoms. The van der Waals surface area contributed by atoms with Gasteiger partial charge in [0.1, 0.15) is 0 Å². The molecule has 0 aromatic heterocycles. The van der Waals surface area contributed by atoms with Crippen molar-refractivity contribution in [1.82, 2.24) is 15.1 Å². The van der Waals surface area contributed by atoms with Gasteiger partial charge < -0.3 is 15.1 Å². The minimum Gasteiger partial charge on any atom is -0.308 e. The average molecular weight is 267 g/mol. The molecule has 3 nitrogen and oxygen atoms in total. The van der Waals surface area contributed by atoms with E-state index < -0.39 is 0 Å². The monoisotopic (exact) mass is 267 g/mol. The number of piperidine rings is 1. The quantitative estimate of drug-likeness (QED) is 0.744. The average Bonchev–Trinajstić information content (AvgIpc) is 2.29. The molecule has 0 spiro atoms. The lowest BCUT2D eigenvalue weighted by molar-refractivity contribution is 0.181. The molecule has 0 atom stereocenters. The molecule has 112 valence electrons. The van der Waals surface area contributed by atoms with E-state index in [-0.39, 0.29) is 5.54 Å². The van der Waals surface area contributed by atoms with Crippen LogP contribution >= 0.6 is 0 Å². The fourth-order valence-electron chi connectivity index (χ4n) is 2.58. The second kappa shape index (κ2) is 7.41. The maximum atomic E-state index is 4.19. The minimum atomic E-state index is 0.176. The summed E-state index contributed by atoms with van der Waals surface area (Å²) in [4.78, 5) is 4.87. The van der Waals surface area contributed by atoms with Crippen LogP contribution in [-0.4, -0.2) is 62.2 Å². The van der Waals surface area contributed by atoms with Crippen LogP contribution in [0.25, 0.3) is 0 Å². The third-order valence-corrected chi connectivity index (χ3v) is 3.77. The van der Waals surface area contributed by atoms with E-state index in [1.807, 2.05) is 0 Å². The first kappa shape index (κ1) is 16.7. The van der Waals surface area contributed by atoms with E-state index in [1.165, 1.54) is 38.0 Å². The predicted molar refractivity (Wildman–Crippen MR) is 84.6 cm³/mol. The molecule has 0 aromatic carbocycles. The summed E-state index contributed by atoms with van der Waals surface area (Å²) in [5, 5.41) is 3.50. The van der Waals surface area contributed by atoms with Gasteiger partial charge in [-0.05, 0) is 72.3 Å². The van der Waals surface area contributed by atoms with Crippen LogP contribution in [0.4, 0.5) is 0 Å². The first-order valence-corrected chi connectivity index (χ1v) is 7.55. The molecule has 0 radical (unpaired) electrons. The fraction of sp³-hybridized carbons (Fsp3) is 0.875. The third kappa shape index (κ3) is 7.71. The topological polar surface area (TPSA) is 18.5 Å². The first-order chi connectivity index (χ1) is 8.76. The highest BCUT2D eigenvalue weighted by Gasteiger charge is 2.18. The molecule has 1 saturated heterocycles. The van der Waals surface area contributed by atoms with E-state index in [0.717, 1.165) is 19.0 Å². The number of likely N-dealkylation sites (tertiary alicyclic amines) is 1. The zero-order chi connectivity index (χ0) is 14.5. The van der Waals surface area contributed by atoms with Gasteiger partial charge in [0, 0.05) is 25.2 Å². The van der Waals surface area contributed by atoms with Crippen molar-refractivity contribution in [1.29, 1.82) is 0 Å². The third-order valence-electron chi connectivity index (χ3n) is 3.77. The lowest BCUT2D eigenvalue weighted by atomic mass is 9.96. The Balaban J connectivity index is 2.19. The van der Waals surface area contributed by atoms with Crippen molar-refractivity contribution in [2.75, 3.05) is 46.8 Å². The summed E-state index contributed by atoms with van der Waals surface area (Å²) >= 11 is 0. The highest BCUT2D eigenvalue weighted by Crippen LogP contribution is 2.17. The van der Waals surface area contributed by atoms with E-state index >= 15 is 0 Å². The zero-order valence-corrected chi connectivity index (χ0v) is 13.6. The number of rotatable bonds is 6. The normalized spacial score (nSPS) is 19.1. The van der Waals surface area contributed by atoms with Gasteiger partial charge in [-0.1, -0.05) is 6.58 Å². The second-order valence-electron chi connectivity index (χ2n) is 7.30. The molecule has 0 aliphatic carbocycles. The number of nitrogens with one attached hydrogen (secondary N) is 1. The van der Waals surface area contributed by atoms with Crippen molar-refractivity contribution >= 4 is 0 Å². The Labute approximate surface area is 120 Å². The number of likely N-dealkylation sites (N-methyl/N-ethyl adjacent to an activating group) is 1. The van der Waals surface area contributed by atoms with Crippen LogP contribution in [-0.2, 0) is 0 Å². The molecule has 0 saturated carbocycles. The van der Waals surface area contributed by atoms with Crippen LogP contribution in [0, 0.1) is 5.92 Å². The Hall–Kier alpha value is -0.380. The molecule has 0 amide bonds. The molecule has 1 rings (SSSR count). The van der Waals surface area contributed by atoms with Crippen LogP contribution in [0.3, 0.4) is 0 Å². The van der Waals surface area contributed by atoms with Gasteiger partial charge in [-0.15, -0.1) is 0 Å². The number of nitrogens with zero attached hydrogens (tertiary/aromatic N) is 2. The maximum absolute atomic E-state index is 4.19. The molecular formula is C16H33N3. The first-order valence-electron chi connectivity index (χ1n) is 7.55. The van der Waals surface area contributed by atoms with Crippen LogP contribution < -0.4 is 5.32 Å². The maximum Gasteiger partial charge on any atom is 0.0199 e. The number of hydrogen-bond acceptors (Lipinski definition) is 3. The van der Waals surface area contributed by atoms with Crippen LogP contribution in [0.1, 0.15) is 33.6 Å². The highest BCUT2D eigenvalue weighted by molar-refractivity contribution is 5.01. The van der Waals surface area contributed by atoms with E-state index in [4.69, 9.17) is 0 Å². The summed E-state index contributed by atoms with van der Waals surface area (Å²) in [7, 11) is 4.44. The summed E-state index contributed by atoms with van der Waals surface area (Å²) in [6, 6.07) is 0. The molecule has 19 heavy (non-hydrogen) atoms. The van der Waals surface area contributed by atoms with Crippen molar-refractivity contribution in [2.24, 2.45) is 5.92 Å². The zero-order valence-electron chi connectivity index (χ0n) is 13.6. The Kier molecular flexibility index (Phi) is 6.51. The largest absolute Gasteiger partial charge is 0.308 e. The SMILES string of the molecule is C=C(CNC(C)(C)C)CN(C)CC1CCN(C)CC1. The Bertz CT molecular complexity index is 272. The molecule has 1 aliphatic heterocycles. The molecule has 1 fully saturated rings. The summed E-state index contributed by atoms with van der Waals surface area (Å²) in [5.41, 5.74) is 1.46. The van der Waals surface area contributed by atoms with Crippen molar-refractivity contribution in [2.45, 2.75) is 39.2 Å². The summed E-state index contributed by atoms with van der Waals surface area (Å²) < 4.78 is 0. The minimum absolute atomic E-state index is 0.176. The van der Waals surface area contributed by atoms with Gasteiger partial charge in [0.15, 0.2) is 0 Å².